The van der Waals surface area contributed by atoms with E-state index in [4.69, 9.17) is 9.47 Å². The molecule has 3 aliphatic heterocycles. The lowest BCUT2D eigenvalue weighted by Crippen LogP contribution is -2.45. The highest BCUT2D eigenvalue weighted by Crippen LogP contribution is 2.47. The maximum absolute atomic E-state index is 12.9. The van der Waals surface area contributed by atoms with Gasteiger partial charge in [-0.05, 0) is 37.7 Å². The van der Waals surface area contributed by atoms with Crippen LogP contribution in [-0.4, -0.2) is 49.8 Å². The Morgan fingerprint density at radius 2 is 2.00 bits per heavy atom. The number of methoxy groups -OCH3 is 1. The van der Waals surface area contributed by atoms with Crippen molar-refractivity contribution in [2.24, 2.45) is 11.8 Å². The summed E-state index contributed by atoms with van der Waals surface area (Å²) in [5, 5.41) is 6.60. The van der Waals surface area contributed by atoms with Crippen LogP contribution in [0.1, 0.15) is 25.3 Å². The average Bonchev–Trinajstić information content (AvgIpc) is 3.32. The van der Waals surface area contributed by atoms with Crippen LogP contribution in [0.15, 0.2) is 18.2 Å². The van der Waals surface area contributed by atoms with Crippen molar-refractivity contribution < 1.29 is 14.3 Å². The van der Waals surface area contributed by atoms with Crippen LogP contribution in [0.25, 0.3) is 0 Å². The van der Waals surface area contributed by atoms with Crippen molar-refractivity contribution in [3.63, 3.8) is 0 Å². The quantitative estimate of drug-likeness (QED) is 0.857. The molecule has 2 N–H and O–H groups in total. The number of carbonyl (C=O) groups excluding carboxylic acids is 1. The summed E-state index contributed by atoms with van der Waals surface area (Å²) in [5.41, 5.74) is 0.947. The molecule has 0 spiro atoms. The summed E-state index contributed by atoms with van der Waals surface area (Å²) in [4.78, 5) is 15.0. The van der Waals surface area contributed by atoms with Gasteiger partial charge in [0.15, 0.2) is 11.5 Å². The summed E-state index contributed by atoms with van der Waals surface area (Å²) in [5.74, 6) is 2.70. The van der Waals surface area contributed by atoms with E-state index in [1.807, 2.05) is 25.1 Å². The third kappa shape index (κ3) is 2.72. The van der Waals surface area contributed by atoms with Crippen LogP contribution in [0.5, 0.6) is 11.5 Å². The topological polar surface area (TPSA) is 62.8 Å². The summed E-state index contributed by atoms with van der Waals surface area (Å²) >= 11 is 0. The smallest absolute Gasteiger partial charge is 0.318 e. The van der Waals surface area contributed by atoms with Gasteiger partial charge in [0.1, 0.15) is 0 Å². The number of nitrogens with one attached hydrogen (secondary N) is 2. The number of hydrogen-bond donors (Lipinski definition) is 2. The summed E-state index contributed by atoms with van der Waals surface area (Å²) in [6, 6.07) is 6.66. The lowest BCUT2D eigenvalue weighted by Gasteiger charge is -2.25. The second-order valence-electron chi connectivity index (χ2n) is 7.15. The van der Waals surface area contributed by atoms with Gasteiger partial charge in [-0.25, -0.2) is 4.79 Å². The highest BCUT2D eigenvalue weighted by atomic mass is 16.5. The Labute approximate surface area is 148 Å². The van der Waals surface area contributed by atoms with Gasteiger partial charge in [0, 0.05) is 37.3 Å². The zero-order chi connectivity index (χ0) is 17.4. The fourth-order valence-electron chi connectivity index (χ4n) is 5.00. The number of amides is 2. The number of para-hydroxylation sites is 1. The monoisotopic (exact) mass is 345 g/mol. The Morgan fingerprint density at radius 3 is 2.64 bits per heavy atom. The Hall–Kier alpha value is -1.95. The van der Waals surface area contributed by atoms with Gasteiger partial charge in [0.25, 0.3) is 0 Å². The Balaban J connectivity index is 1.45. The van der Waals surface area contributed by atoms with E-state index in [0.717, 1.165) is 37.2 Å². The van der Waals surface area contributed by atoms with Crippen molar-refractivity contribution >= 4 is 6.03 Å². The number of ether oxygens (including phenoxy) is 2. The predicted molar refractivity (Wildman–Crippen MR) is 94.9 cm³/mol. The van der Waals surface area contributed by atoms with Crippen molar-refractivity contribution in [1.29, 1.82) is 0 Å². The number of hydrogen-bond acceptors (Lipinski definition) is 4. The number of rotatable bonds is 5. The van der Waals surface area contributed by atoms with Crippen molar-refractivity contribution in [1.82, 2.24) is 15.5 Å². The molecule has 136 valence electrons. The number of urea groups is 1. The zero-order valence-electron chi connectivity index (χ0n) is 15.0. The minimum atomic E-state index is 0.0622. The normalized spacial score (nSPS) is 29.6. The summed E-state index contributed by atoms with van der Waals surface area (Å²) in [6.07, 6.45) is 2.29. The van der Waals surface area contributed by atoms with Crippen LogP contribution in [0.2, 0.25) is 0 Å². The van der Waals surface area contributed by atoms with Crippen molar-refractivity contribution in [2.75, 3.05) is 26.8 Å². The molecule has 0 saturated carbocycles. The van der Waals surface area contributed by atoms with Gasteiger partial charge < -0.3 is 25.0 Å². The molecule has 0 aromatic heterocycles. The van der Waals surface area contributed by atoms with E-state index in [1.165, 1.54) is 0 Å². The van der Waals surface area contributed by atoms with Gasteiger partial charge in [-0.3, -0.25) is 0 Å². The van der Waals surface area contributed by atoms with Crippen LogP contribution in [0.3, 0.4) is 0 Å². The molecule has 1 aromatic rings. The molecule has 0 radical (unpaired) electrons. The van der Waals surface area contributed by atoms with E-state index in [0.29, 0.717) is 42.8 Å². The molecule has 3 heterocycles. The molecular formula is C19H27N3O3. The largest absolute Gasteiger partial charge is 0.493 e. The van der Waals surface area contributed by atoms with E-state index < -0.39 is 0 Å². The third-order valence-electron chi connectivity index (χ3n) is 6.00. The molecule has 3 saturated heterocycles. The second kappa shape index (κ2) is 6.75. The number of carbonyl (C=O) groups is 1. The maximum Gasteiger partial charge on any atom is 0.318 e. The van der Waals surface area contributed by atoms with Gasteiger partial charge in [-0.15, -0.1) is 0 Å². The fourth-order valence-corrected chi connectivity index (χ4v) is 5.00. The Kier molecular flexibility index (Phi) is 4.46. The third-order valence-corrected chi connectivity index (χ3v) is 6.00. The molecule has 0 unspecified atom stereocenters. The first-order valence-corrected chi connectivity index (χ1v) is 9.30. The average molecular weight is 345 g/mol. The molecule has 3 fully saturated rings. The Morgan fingerprint density at radius 1 is 1.28 bits per heavy atom. The van der Waals surface area contributed by atoms with E-state index in [9.17, 15) is 4.79 Å². The molecule has 4 rings (SSSR count). The van der Waals surface area contributed by atoms with Gasteiger partial charge in [-0.1, -0.05) is 12.1 Å². The minimum absolute atomic E-state index is 0.0622. The Bertz CT molecular complexity index is 633. The standard InChI is InChI=1S/C19H27N3O3/c1-3-25-18-12(5-4-6-17(18)24-2)9-21-19(23)22-15-7-8-16(22)14-11-20-10-13(14)15/h4-6,13-16,20H,3,7-11H2,1-2H3,(H,21,23)/t13-,14+,15-,16+. The number of benzene rings is 1. The van der Waals surface area contributed by atoms with Gasteiger partial charge >= 0.3 is 6.03 Å². The fraction of sp³-hybridized carbons (Fsp3) is 0.632. The van der Waals surface area contributed by atoms with Gasteiger partial charge in [0.2, 0.25) is 0 Å². The highest BCUT2D eigenvalue weighted by Gasteiger charge is 2.56. The van der Waals surface area contributed by atoms with Gasteiger partial charge in [-0.2, -0.15) is 0 Å². The van der Waals surface area contributed by atoms with Crippen molar-refractivity contribution in [3.8, 4) is 11.5 Å². The first-order valence-electron chi connectivity index (χ1n) is 9.30. The molecule has 2 amide bonds. The molecule has 6 heteroatoms. The minimum Gasteiger partial charge on any atom is -0.493 e. The molecule has 6 nitrogen and oxygen atoms in total. The number of nitrogens with zero attached hydrogens (tertiary/aromatic N) is 1. The van der Waals surface area contributed by atoms with Crippen molar-refractivity contribution in [3.05, 3.63) is 23.8 Å². The van der Waals surface area contributed by atoms with E-state index >= 15 is 0 Å². The summed E-state index contributed by atoms with van der Waals surface area (Å²) in [7, 11) is 1.63. The van der Waals surface area contributed by atoms with Crippen LogP contribution in [0.4, 0.5) is 4.79 Å². The van der Waals surface area contributed by atoms with E-state index in [-0.39, 0.29) is 6.03 Å². The molecular weight excluding hydrogens is 318 g/mol. The molecule has 0 aliphatic carbocycles. The molecule has 1 aromatic carbocycles. The second-order valence-corrected chi connectivity index (χ2v) is 7.15. The van der Waals surface area contributed by atoms with Crippen LogP contribution >= 0.6 is 0 Å². The first kappa shape index (κ1) is 16.5. The summed E-state index contributed by atoms with van der Waals surface area (Å²) in [6.45, 7) is 5.08. The maximum atomic E-state index is 12.9. The van der Waals surface area contributed by atoms with Crippen LogP contribution < -0.4 is 20.1 Å². The SMILES string of the molecule is CCOc1c(CNC(=O)N2[C@@H]3CC[C@H]2[C@H]2CNC[C@H]23)cccc1OC. The molecule has 25 heavy (non-hydrogen) atoms. The van der Waals surface area contributed by atoms with Gasteiger partial charge in [0.05, 0.1) is 13.7 Å². The highest BCUT2D eigenvalue weighted by molar-refractivity contribution is 5.76. The van der Waals surface area contributed by atoms with Crippen LogP contribution in [0, 0.1) is 11.8 Å². The van der Waals surface area contributed by atoms with E-state index in [2.05, 4.69) is 15.5 Å². The van der Waals surface area contributed by atoms with Crippen LogP contribution in [-0.2, 0) is 6.54 Å². The summed E-state index contributed by atoms with van der Waals surface area (Å²) < 4.78 is 11.1. The zero-order valence-corrected chi connectivity index (χ0v) is 15.0. The van der Waals surface area contributed by atoms with E-state index in [1.54, 1.807) is 7.11 Å². The van der Waals surface area contributed by atoms with Crippen molar-refractivity contribution in [2.45, 2.75) is 38.4 Å². The molecule has 4 atom stereocenters. The number of fused-ring (bicyclic) bond motifs is 5. The lowest BCUT2D eigenvalue weighted by molar-refractivity contribution is 0.184. The molecule has 2 bridgehead atoms. The predicted octanol–water partition coefficient (Wildman–Crippen LogP) is 1.99. The lowest BCUT2D eigenvalue weighted by atomic mass is 9.82. The molecule has 3 aliphatic rings. The first-order chi connectivity index (χ1) is 12.2.